The molecule has 1 aliphatic rings. The van der Waals surface area contributed by atoms with Crippen LogP contribution in [0, 0.1) is 0 Å². The number of nitrogens with zero attached hydrogens (tertiary/aromatic N) is 1. The monoisotopic (exact) mass is 247 g/mol. The summed E-state index contributed by atoms with van der Waals surface area (Å²) in [6, 6.07) is 0. The second-order valence-corrected chi connectivity index (χ2v) is 4.80. The molecule has 15 heavy (non-hydrogen) atoms. The molecule has 0 aromatic rings. The van der Waals surface area contributed by atoms with Gasteiger partial charge in [-0.15, -0.1) is 0 Å². The third kappa shape index (κ3) is 2.92. The number of ether oxygens (including phenoxy) is 1. The average molecular weight is 247 g/mol. The lowest BCUT2D eigenvalue weighted by atomic mass is 10.3. The van der Waals surface area contributed by atoms with Crippen molar-refractivity contribution in [3.63, 3.8) is 0 Å². The van der Waals surface area contributed by atoms with E-state index in [0.717, 1.165) is 0 Å². The Morgan fingerprint density at radius 2 is 2.27 bits per heavy atom. The summed E-state index contributed by atoms with van der Waals surface area (Å²) in [5.41, 5.74) is 0. The molecule has 0 aromatic carbocycles. The first-order chi connectivity index (χ1) is 7.10. The maximum Gasteiger partial charge on any atom is 0.307 e. The number of hydrogen-bond acceptors (Lipinski definition) is 5. The zero-order valence-corrected chi connectivity index (χ0v) is 10.3. The van der Waals surface area contributed by atoms with Crippen molar-refractivity contribution in [2.45, 2.75) is 25.5 Å². The number of thioether (sulfide) groups is 1. The highest BCUT2D eigenvalue weighted by Gasteiger charge is 2.37. The molecule has 0 saturated carbocycles. The molecule has 0 aliphatic carbocycles. The first-order valence-corrected chi connectivity index (χ1v) is 6.06. The van der Waals surface area contributed by atoms with Crippen LogP contribution < -0.4 is 0 Å². The fraction of sp³-hybridized carbons (Fsp3) is 0.667. The summed E-state index contributed by atoms with van der Waals surface area (Å²) in [4.78, 5) is 24.4. The topological polar surface area (TPSA) is 46.6 Å². The number of hydrogen-bond donors (Lipinski definition) is 0. The van der Waals surface area contributed by atoms with Crippen LogP contribution in [0.5, 0.6) is 0 Å². The van der Waals surface area contributed by atoms with E-state index < -0.39 is 5.25 Å². The van der Waals surface area contributed by atoms with Gasteiger partial charge < -0.3 is 4.74 Å². The van der Waals surface area contributed by atoms with E-state index >= 15 is 0 Å². The number of amides is 1. The Morgan fingerprint density at radius 1 is 1.60 bits per heavy atom. The van der Waals surface area contributed by atoms with Crippen molar-refractivity contribution in [1.29, 1.82) is 0 Å². The molecule has 1 heterocycles. The molecule has 0 radical (unpaired) electrons. The Balaban J connectivity index is 2.55. The minimum Gasteiger partial charge on any atom is -0.466 e. The largest absolute Gasteiger partial charge is 0.466 e. The van der Waals surface area contributed by atoms with Gasteiger partial charge in [0.1, 0.15) is 9.57 Å². The highest BCUT2D eigenvalue weighted by atomic mass is 32.2. The van der Waals surface area contributed by atoms with Crippen LogP contribution in [0.2, 0.25) is 0 Å². The lowest BCUT2D eigenvalue weighted by molar-refractivity contribution is -0.144. The van der Waals surface area contributed by atoms with Crippen LogP contribution in [0.15, 0.2) is 0 Å². The average Bonchev–Trinajstić information content (AvgIpc) is 2.42. The molecule has 0 bridgehead atoms. The molecular weight excluding hydrogens is 234 g/mol. The van der Waals surface area contributed by atoms with Crippen LogP contribution in [-0.2, 0) is 14.3 Å². The molecule has 84 valence electrons. The van der Waals surface area contributed by atoms with Crippen molar-refractivity contribution >= 4 is 40.2 Å². The SMILES string of the molecule is CCOC(=O)CC1SC(=S)N(CC)C1=O. The number of thiocarbonyl (C=S) groups is 1. The van der Waals surface area contributed by atoms with E-state index in [1.807, 2.05) is 6.92 Å². The Morgan fingerprint density at radius 3 is 2.73 bits per heavy atom. The molecule has 1 unspecified atom stereocenters. The van der Waals surface area contributed by atoms with Gasteiger partial charge in [0.15, 0.2) is 0 Å². The molecule has 0 N–H and O–H groups in total. The van der Waals surface area contributed by atoms with Crippen molar-refractivity contribution in [3.05, 3.63) is 0 Å². The van der Waals surface area contributed by atoms with Gasteiger partial charge in [-0.25, -0.2) is 0 Å². The van der Waals surface area contributed by atoms with E-state index in [-0.39, 0.29) is 18.3 Å². The second-order valence-electron chi connectivity index (χ2n) is 2.96. The summed E-state index contributed by atoms with van der Waals surface area (Å²) in [6.45, 7) is 4.50. The molecule has 0 spiro atoms. The van der Waals surface area contributed by atoms with Gasteiger partial charge in [0.05, 0.1) is 13.0 Å². The highest BCUT2D eigenvalue weighted by molar-refractivity contribution is 8.24. The van der Waals surface area contributed by atoms with E-state index in [4.69, 9.17) is 17.0 Å². The first kappa shape index (κ1) is 12.4. The first-order valence-electron chi connectivity index (χ1n) is 4.77. The smallest absolute Gasteiger partial charge is 0.307 e. The number of rotatable bonds is 4. The van der Waals surface area contributed by atoms with Gasteiger partial charge in [0.25, 0.3) is 0 Å². The standard InChI is InChI=1S/C9H13NO3S2/c1-3-10-8(12)6(15-9(10)14)5-7(11)13-4-2/h6H,3-5H2,1-2H3. The van der Waals surface area contributed by atoms with Gasteiger partial charge in [-0.2, -0.15) is 0 Å². The molecule has 1 aliphatic heterocycles. The summed E-state index contributed by atoms with van der Waals surface area (Å²) >= 11 is 6.29. The van der Waals surface area contributed by atoms with Crippen LogP contribution in [-0.4, -0.2) is 39.5 Å². The van der Waals surface area contributed by atoms with Gasteiger partial charge in [-0.1, -0.05) is 24.0 Å². The van der Waals surface area contributed by atoms with Crippen LogP contribution in [0.3, 0.4) is 0 Å². The summed E-state index contributed by atoms with van der Waals surface area (Å²) in [7, 11) is 0. The van der Waals surface area contributed by atoms with E-state index in [9.17, 15) is 9.59 Å². The minimum atomic E-state index is -0.392. The third-order valence-corrected chi connectivity index (χ3v) is 3.56. The lowest BCUT2D eigenvalue weighted by Crippen LogP contribution is -2.32. The Hall–Kier alpha value is -0.620. The second kappa shape index (κ2) is 5.46. The molecule has 1 atom stereocenters. The van der Waals surface area contributed by atoms with Crippen LogP contribution >= 0.6 is 24.0 Å². The van der Waals surface area contributed by atoms with E-state index in [0.29, 0.717) is 17.5 Å². The maximum absolute atomic E-state index is 11.7. The Bertz CT molecular complexity index is 293. The van der Waals surface area contributed by atoms with Crippen molar-refractivity contribution < 1.29 is 14.3 Å². The molecule has 1 amide bonds. The quantitative estimate of drug-likeness (QED) is 0.551. The van der Waals surface area contributed by atoms with Gasteiger partial charge in [-0.3, -0.25) is 14.5 Å². The van der Waals surface area contributed by atoms with Crippen molar-refractivity contribution in [1.82, 2.24) is 4.90 Å². The Kier molecular flexibility index (Phi) is 4.53. The number of carbonyl (C=O) groups is 2. The van der Waals surface area contributed by atoms with E-state index in [1.54, 1.807) is 6.92 Å². The predicted octanol–water partition coefficient (Wildman–Crippen LogP) is 1.19. The fourth-order valence-electron chi connectivity index (χ4n) is 1.28. The molecule has 1 fully saturated rings. The molecule has 1 saturated heterocycles. The zero-order chi connectivity index (χ0) is 11.4. The van der Waals surface area contributed by atoms with E-state index in [2.05, 4.69) is 0 Å². The maximum atomic E-state index is 11.7. The van der Waals surface area contributed by atoms with Crippen molar-refractivity contribution in [2.75, 3.05) is 13.2 Å². The van der Waals surface area contributed by atoms with Gasteiger partial charge in [0.2, 0.25) is 5.91 Å². The number of carbonyl (C=O) groups excluding carboxylic acids is 2. The molecular formula is C9H13NO3S2. The van der Waals surface area contributed by atoms with E-state index in [1.165, 1.54) is 16.7 Å². The van der Waals surface area contributed by atoms with Crippen molar-refractivity contribution in [2.24, 2.45) is 0 Å². The third-order valence-electron chi connectivity index (χ3n) is 1.98. The van der Waals surface area contributed by atoms with Gasteiger partial charge >= 0.3 is 5.97 Å². The molecule has 4 nitrogen and oxygen atoms in total. The molecule has 0 aromatic heterocycles. The number of esters is 1. The normalized spacial score (nSPS) is 20.9. The predicted molar refractivity (Wildman–Crippen MR) is 62.6 cm³/mol. The van der Waals surface area contributed by atoms with Crippen molar-refractivity contribution in [3.8, 4) is 0 Å². The van der Waals surface area contributed by atoms with Crippen LogP contribution in [0.4, 0.5) is 0 Å². The molecule has 6 heteroatoms. The van der Waals surface area contributed by atoms with Gasteiger partial charge in [0, 0.05) is 6.54 Å². The zero-order valence-electron chi connectivity index (χ0n) is 8.69. The Labute approximate surface area is 98.3 Å². The van der Waals surface area contributed by atoms with Crippen LogP contribution in [0.25, 0.3) is 0 Å². The van der Waals surface area contributed by atoms with Gasteiger partial charge in [-0.05, 0) is 13.8 Å². The summed E-state index contributed by atoms with van der Waals surface area (Å²) in [6.07, 6.45) is 0.105. The fourth-order valence-corrected chi connectivity index (χ4v) is 2.89. The minimum absolute atomic E-state index is 0.0828. The van der Waals surface area contributed by atoms with Crippen LogP contribution in [0.1, 0.15) is 20.3 Å². The molecule has 1 rings (SSSR count). The highest BCUT2D eigenvalue weighted by Crippen LogP contribution is 2.29. The summed E-state index contributed by atoms with van der Waals surface area (Å²) in [5.74, 6) is -0.426. The summed E-state index contributed by atoms with van der Waals surface area (Å²) < 4.78 is 5.34. The lowest BCUT2D eigenvalue weighted by Gasteiger charge is -2.11. The summed E-state index contributed by atoms with van der Waals surface area (Å²) in [5, 5.41) is -0.392.